The highest BCUT2D eigenvalue weighted by Gasteiger charge is 2.21. The highest BCUT2D eigenvalue weighted by atomic mass is 32.1. The van der Waals surface area contributed by atoms with Crippen molar-refractivity contribution in [3.8, 4) is 0 Å². The Bertz CT molecular complexity index is 699. The van der Waals surface area contributed by atoms with Crippen LogP contribution in [0.2, 0.25) is 0 Å². The van der Waals surface area contributed by atoms with Crippen LogP contribution in [0.1, 0.15) is 40.9 Å². The zero-order valence-corrected chi connectivity index (χ0v) is 16.0. The normalized spacial score (nSPS) is 19.0. The Morgan fingerprint density at radius 2 is 1.77 bits per heavy atom. The zero-order chi connectivity index (χ0) is 17.8. The van der Waals surface area contributed by atoms with Gasteiger partial charge in [0.25, 0.3) is 5.91 Å². The monoisotopic (exact) mass is 369 g/mol. The van der Waals surface area contributed by atoms with E-state index in [2.05, 4.69) is 44.8 Å². The first-order valence-corrected chi connectivity index (χ1v) is 10.6. The number of carbonyl (C=O) groups is 1. The van der Waals surface area contributed by atoms with Crippen molar-refractivity contribution in [1.82, 2.24) is 10.2 Å². The van der Waals surface area contributed by atoms with Gasteiger partial charge in [0.1, 0.15) is 0 Å². The third-order valence-electron chi connectivity index (χ3n) is 5.48. The van der Waals surface area contributed by atoms with Gasteiger partial charge in [0.15, 0.2) is 0 Å². The molecule has 2 saturated heterocycles. The molecule has 1 aromatic heterocycles. The average Bonchev–Trinajstić information content (AvgIpc) is 3.37. The molecule has 0 unspecified atom stereocenters. The predicted molar refractivity (Wildman–Crippen MR) is 108 cm³/mol. The third-order valence-corrected chi connectivity index (χ3v) is 6.34. The largest absolute Gasteiger partial charge is 0.372 e. The first-order chi connectivity index (χ1) is 12.8. The second-order valence-corrected chi connectivity index (χ2v) is 8.38. The van der Waals surface area contributed by atoms with Crippen LogP contribution < -0.4 is 10.2 Å². The maximum absolute atomic E-state index is 12.5. The van der Waals surface area contributed by atoms with Gasteiger partial charge in [-0.2, -0.15) is 0 Å². The summed E-state index contributed by atoms with van der Waals surface area (Å²) >= 11 is 1.82. The number of rotatable bonds is 5. The van der Waals surface area contributed by atoms with E-state index < -0.39 is 0 Å². The quantitative estimate of drug-likeness (QED) is 0.872. The van der Waals surface area contributed by atoms with E-state index in [1.807, 2.05) is 23.5 Å². The van der Waals surface area contributed by atoms with Gasteiger partial charge in [-0.1, -0.05) is 6.07 Å². The maximum atomic E-state index is 12.5. The molecule has 4 rings (SSSR count). The van der Waals surface area contributed by atoms with Crippen molar-refractivity contribution in [3.05, 3.63) is 52.2 Å². The first kappa shape index (κ1) is 17.6. The van der Waals surface area contributed by atoms with Gasteiger partial charge in [-0.15, -0.1) is 11.3 Å². The number of likely N-dealkylation sites (tertiary alicyclic amines) is 1. The molecule has 0 bridgehead atoms. The number of carbonyl (C=O) groups excluding carboxylic acids is 1. The summed E-state index contributed by atoms with van der Waals surface area (Å²) in [6.07, 6.45) is 4.60. The smallest absolute Gasteiger partial charge is 0.251 e. The molecule has 26 heavy (non-hydrogen) atoms. The predicted octanol–water partition coefficient (Wildman–Crippen LogP) is 3.74. The van der Waals surface area contributed by atoms with Gasteiger partial charge in [0.05, 0.1) is 0 Å². The summed E-state index contributed by atoms with van der Waals surface area (Å²) in [6, 6.07) is 12.7. The highest BCUT2D eigenvalue weighted by molar-refractivity contribution is 7.09. The number of nitrogens with one attached hydrogen (secondary N) is 1. The van der Waals surface area contributed by atoms with Gasteiger partial charge in [0.2, 0.25) is 0 Å². The van der Waals surface area contributed by atoms with Crippen LogP contribution in [0.15, 0.2) is 41.8 Å². The van der Waals surface area contributed by atoms with E-state index in [0.29, 0.717) is 6.04 Å². The second-order valence-electron chi connectivity index (χ2n) is 7.34. The molecule has 1 N–H and O–H groups in total. The van der Waals surface area contributed by atoms with E-state index in [0.717, 1.165) is 51.1 Å². The number of amides is 1. The number of benzene rings is 1. The summed E-state index contributed by atoms with van der Waals surface area (Å²) in [5.74, 6) is 0.0645. The standard InChI is InChI=1S/C21H27N3OS/c25-21(17-5-7-19(8-6-17)24-11-1-2-12-24)22-18-9-13-23(14-10-18)16-20-4-3-15-26-20/h3-8,15,18H,1-2,9-14,16H2,(H,22,25). The highest BCUT2D eigenvalue weighted by Crippen LogP contribution is 2.21. The molecule has 2 aliphatic rings. The molecular weight excluding hydrogens is 342 g/mol. The lowest BCUT2D eigenvalue weighted by Crippen LogP contribution is -2.44. The van der Waals surface area contributed by atoms with Crippen LogP contribution in [0.4, 0.5) is 5.69 Å². The van der Waals surface area contributed by atoms with Crippen molar-refractivity contribution in [2.24, 2.45) is 0 Å². The fourth-order valence-corrected chi connectivity index (χ4v) is 4.67. The van der Waals surface area contributed by atoms with Crippen LogP contribution in [0, 0.1) is 0 Å². The van der Waals surface area contributed by atoms with Crippen LogP contribution >= 0.6 is 11.3 Å². The maximum Gasteiger partial charge on any atom is 0.251 e. The Labute approximate surface area is 159 Å². The minimum absolute atomic E-state index is 0.0645. The summed E-state index contributed by atoms with van der Waals surface area (Å²) in [4.78, 5) is 18.8. The molecule has 2 aliphatic heterocycles. The first-order valence-electron chi connectivity index (χ1n) is 9.68. The van der Waals surface area contributed by atoms with E-state index >= 15 is 0 Å². The van der Waals surface area contributed by atoms with Gasteiger partial charge in [0, 0.05) is 54.9 Å². The lowest BCUT2D eigenvalue weighted by molar-refractivity contribution is 0.0909. The average molecular weight is 370 g/mol. The molecule has 2 fully saturated rings. The van der Waals surface area contributed by atoms with Crippen molar-refractivity contribution in [2.45, 2.75) is 38.3 Å². The Kier molecular flexibility index (Phi) is 5.56. The van der Waals surface area contributed by atoms with Crippen molar-refractivity contribution >= 4 is 22.9 Å². The number of nitrogens with zero attached hydrogens (tertiary/aromatic N) is 2. The molecule has 0 saturated carbocycles. The molecule has 5 heteroatoms. The van der Waals surface area contributed by atoms with E-state index in [4.69, 9.17) is 0 Å². The van der Waals surface area contributed by atoms with Gasteiger partial charge in [-0.3, -0.25) is 9.69 Å². The number of hydrogen-bond acceptors (Lipinski definition) is 4. The number of anilines is 1. The van der Waals surface area contributed by atoms with Crippen LogP contribution in [0.25, 0.3) is 0 Å². The molecule has 0 radical (unpaired) electrons. The van der Waals surface area contributed by atoms with Gasteiger partial charge >= 0.3 is 0 Å². The zero-order valence-electron chi connectivity index (χ0n) is 15.2. The SMILES string of the molecule is O=C(NC1CCN(Cc2cccs2)CC1)c1ccc(N2CCCC2)cc1. The lowest BCUT2D eigenvalue weighted by atomic mass is 10.0. The molecule has 2 aromatic rings. The number of piperidine rings is 1. The molecule has 0 aliphatic carbocycles. The van der Waals surface area contributed by atoms with Gasteiger partial charge in [-0.05, 0) is 61.4 Å². The molecule has 0 atom stereocenters. The summed E-state index contributed by atoms with van der Waals surface area (Å²) in [6.45, 7) is 5.41. The summed E-state index contributed by atoms with van der Waals surface area (Å²) in [7, 11) is 0. The van der Waals surface area contributed by atoms with Crippen LogP contribution in [-0.4, -0.2) is 43.0 Å². The van der Waals surface area contributed by atoms with Gasteiger partial charge in [-0.25, -0.2) is 0 Å². The fourth-order valence-electron chi connectivity index (χ4n) is 3.93. The molecular formula is C21H27N3OS. The van der Waals surface area contributed by atoms with Crippen molar-refractivity contribution in [2.75, 3.05) is 31.1 Å². The van der Waals surface area contributed by atoms with E-state index in [1.165, 1.54) is 23.4 Å². The molecule has 3 heterocycles. The molecule has 1 amide bonds. The minimum atomic E-state index is 0.0645. The minimum Gasteiger partial charge on any atom is -0.372 e. The molecule has 4 nitrogen and oxygen atoms in total. The summed E-state index contributed by atoms with van der Waals surface area (Å²) in [5, 5.41) is 5.36. The number of hydrogen-bond donors (Lipinski definition) is 1. The Morgan fingerprint density at radius 1 is 1.04 bits per heavy atom. The third kappa shape index (κ3) is 4.27. The topological polar surface area (TPSA) is 35.6 Å². The summed E-state index contributed by atoms with van der Waals surface area (Å²) in [5.41, 5.74) is 2.01. The summed E-state index contributed by atoms with van der Waals surface area (Å²) < 4.78 is 0. The molecule has 0 spiro atoms. The fraction of sp³-hybridized carbons (Fsp3) is 0.476. The molecule has 138 valence electrons. The van der Waals surface area contributed by atoms with E-state index in [9.17, 15) is 4.79 Å². The Hall–Kier alpha value is -1.85. The van der Waals surface area contributed by atoms with Crippen LogP contribution in [0.5, 0.6) is 0 Å². The van der Waals surface area contributed by atoms with Crippen LogP contribution in [0.3, 0.4) is 0 Å². The van der Waals surface area contributed by atoms with Crippen LogP contribution in [-0.2, 0) is 6.54 Å². The van der Waals surface area contributed by atoms with E-state index in [1.54, 1.807) is 0 Å². The number of thiophene rings is 1. The van der Waals surface area contributed by atoms with Gasteiger partial charge < -0.3 is 10.2 Å². The van der Waals surface area contributed by atoms with Crippen molar-refractivity contribution < 1.29 is 4.79 Å². The Morgan fingerprint density at radius 3 is 2.42 bits per heavy atom. The van der Waals surface area contributed by atoms with Crippen molar-refractivity contribution in [1.29, 1.82) is 0 Å². The Balaban J connectivity index is 1.26. The lowest BCUT2D eigenvalue weighted by Gasteiger charge is -2.32. The van der Waals surface area contributed by atoms with E-state index in [-0.39, 0.29) is 5.91 Å². The second kappa shape index (κ2) is 8.23. The van der Waals surface area contributed by atoms with Crippen molar-refractivity contribution in [3.63, 3.8) is 0 Å². The molecule has 1 aromatic carbocycles.